The fourth-order valence-corrected chi connectivity index (χ4v) is 5.83. The maximum Gasteiger partial charge on any atom is 0.303 e. The van der Waals surface area contributed by atoms with Crippen molar-refractivity contribution in [2.24, 2.45) is 17.8 Å². The van der Waals surface area contributed by atoms with Crippen LogP contribution in [0.1, 0.15) is 59.1 Å². The van der Waals surface area contributed by atoms with Crippen LogP contribution in [-0.2, 0) is 46.4 Å². The van der Waals surface area contributed by atoms with Gasteiger partial charge in [-0.2, -0.15) is 0 Å². The van der Waals surface area contributed by atoms with Gasteiger partial charge in [-0.3, -0.25) is 4.79 Å². The molecule has 0 spiro atoms. The lowest BCUT2D eigenvalue weighted by Crippen LogP contribution is -2.60. The molecule has 220 valence electrons. The molecule has 2 aliphatic heterocycles. The minimum absolute atomic E-state index is 0.0714. The first-order valence-corrected chi connectivity index (χ1v) is 14.7. The third-order valence-electron chi connectivity index (χ3n) is 8.50. The summed E-state index contributed by atoms with van der Waals surface area (Å²) in [4.78, 5) is 12.2. The van der Waals surface area contributed by atoms with Crippen molar-refractivity contribution in [3.05, 3.63) is 71.8 Å². The van der Waals surface area contributed by atoms with Crippen LogP contribution in [-0.4, -0.2) is 55.5 Å². The van der Waals surface area contributed by atoms with E-state index in [-0.39, 0.29) is 42.2 Å². The summed E-state index contributed by atoms with van der Waals surface area (Å²) in [6.45, 7) is 13.3. The van der Waals surface area contributed by atoms with Crippen LogP contribution in [0.3, 0.4) is 0 Å². The summed E-state index contributed by atoms with van der Waals surface area (Å²) in [7, 11) is 0. The largest absolute Gasteiger partial charge is 0.457 e. The highest BCUT2D eigenvalue weighted by atomic mass is 16.7. The predicted molar refractivity (Wildman–Crippen MR) is 152 cm³/mol. The van der Waals surface area contributed by atoms with E-state index in [9.17, 15) is 4.79 Å². The van der Waals surface area contributed by atoms with Crippen molar-refractivity contribution in [3.8, 4) is 0 Å². The second kappa shape index (κ2) is 14.6. The van der Waals surface area contributed by atoms with Gasteiger partial charge in [0, 0.05) is 12.8 Å². The van der Waals surface area contributed by atoms with E-state index in [1.165, 1.54) is 6.92 Å². The molecule has 0 bridgehead atoms. The van der Waals surface area contributed by atoms with Gasteiger partial charge in [0.05, 0.1) is 44.2 Å². The molecule has 2 aromatic rings. The number of esters is 1. The van der Waals surface area contributed by atoms with Gasteiger partial charge in [0.1, 0.15) is 6.10 Å². The summed E-state index contributed by atoms with van der Waals surface area (Å²) in [6, 6.07) is 20.1. The quantitative estimate of drug-likeness (QED) is 0.319. The van der Waals surface area contributed by atoms with E-state index in [1.807, 2.05) is 67.6 Å². The average Bonchev–Trinajstić information content (AvgIpc) is 2.95. The van der Waals surface area contributed by atoms with E-state index in [1.54, 1.807) is 0 Å². The van der Waals surface area contributed by atoms with Gasteiger partial charge >= 0.3 is 5.97 Å². The van der Waals surface area contributed by atoms with Gasteiger partial charge < -0.3 is 28.4 Å². The normalized spacial score (nSPS) is 34.4. The van der Waals surface area contributed by atoms with E-state index in [4.69, 9.17) is 28.4 Å². The Morgan fingerprint density at radius 3 is 1.98 bits per heavy atom. The molecule has 10 atom stereocenters. The zero-order chi connectivity index (χ0) is 28.6. The van der Waals surface area contributed by atoms with E-state index in [2.05, 4.69) is 27.7 Å². The Hall–Kier alpha value is -2.29. The molecule has 4 rings (SSSR count). The molecule has 2 saturated heterocycles. The number of ether oxygens (including phenoxy) is 6. The summed E-state index contributed by atoms with van der Waals surface area (Å²) < 4.78 is 38.1. The highest BCUT2D eigenvalue weighted by Crippen LogP contribution is 2.38. The third-order valence-corrected chi connectivity index (χ3v) is 8.50. The molecule has 7 nitrogen and oxygen atoms in total. The highest BCUT2D eigenvalue weighted by Gasteiger charge is 2.50. The molecule has 0 saturated carbocycles. The van der Waals surface area contributed by atoms with Gasteiger partial charge in [0.15, 0.2) is 12.4 Å². The maximum absolute atomic E-state index is 12.2. The molecule has 0 N–H and O–H groups in total. The number of benzene rings is 2. The standard InChI is InChI=1S/C33H46O7/c1-7-28-31(22(3)21(2)24(5)37-28)40-33-32(38-25(6)34)23(4)30(36-19-27-16-12-9-13-17-27)29(39-33)20-35-18-26-14-10-8-11-15-26/h8-17,21-24,28-33H,7,18-20H2,1-6H3/t21?,22-,23+,24+,28?,29?,30-,31+,32?,33+/m1/s1. The van der Waals surface area contributed by atoms with Gasteiger partial charge in [0.25, 0.3) is 0 Å². The fraction of sp³-hybridized carbons (Fsp3) is 0.606. The molecule has 2 fully saturated rings. The molecule has 4 unspecified atom stereocenters. The Balaban J connectivity index is 1.55. The summed E-state index contributed by atoms with van der Waals surface area (Å²) in [5.41, 5.74) is 2.14. The van der Waals surface area contributed by atoms with E-state index in [0.29, 0.717) is 25.7 Å². The molecule has 0 aliphatic carbocycles. The summed E-state index contributed by atoms with van der Waals surface area (Å²) in [5, 5.41) is 0. The fourth-order valence-electron chi connectivity index (χ4n) is 5.83. The lowest BCUT2D eigenvalue weighted by atomic mass is 9.81. The van der Waals surface area contributed by atoms with Crippen molar-refractivity contribution < 1.29 is 33.2 Å². The van der Waals surface area contributed by atoms with Gasteiger partial charge in [-0.15, -0.1) is 0 Å². The van der Waals surface area contributed by atoms with Crippen LogP contribution in [0, 0.1) is 17.8 Å². The zero-order valence-corrected chi connectivity index (χ0v) is 24.7. The van der Waals surface area contributed by atoms with Gasteiger partial charge in [-0.25, -0.2) is 0 Å². The smallest absolute Gasteiger partial charge is 0.303 e. The van der Waals surface area contributed by atoms with Gasteiger partial charge in [0.2, 0.25) is 0 Å². The van der Waals surface area contributed by atoms with Crippen LogP contribution < -0.4 is 0 Å². The topological polar surface area (TPSA) is 72.5 Å². The van der Waals surface area contributed by atoms with Crippen LogP contribution >= 0.6 is 0 Å². The van der Waals surface area contributed by atoms with Crippen molar-refractivity contribution in [2.75, 3.05) is 6.61 Å². The lowest BCUT2D eigenvalue weighted by molar-refractivity contribution is -0.330. The second-order valence-electron chi connectivity index (χ2n) is 11.3. The van der Waals surface area contributed by atoms with Crippen LogP contribution in [0.5, 0.6) is 0 Å². The molecular weight excluding hydrogens is 508 g/mol. The summed E-state index contributed by atoms with van der Waals surface area (Å²) in [6.07, 6.45) is -1.51. The van der Waals surface area contributed by atoms with Crippen molar-refractivity contribution >= 4 is 5.97 Å². The van der Waals surface area contributed by atoms with E-state index >= 15 is 0 Å². The van der Waals surface area contributed by atoms with Gasteiger partial charge in [-0.1, -0.05) is 88.4 Å². The number of rotatable bonds is 11. The Morgan fingerprint density at radius 1 is 0.750 bits per heavy atom. The average molecular weight is 555 g/mol. The van der Waals surface area contributed by atoms with E-state index < -0.39 is 18.5 Å². The predicted octanol–water partition coefficient (Wildman–Crippen LogP) is 5.94. The monoisotopic (exact) mass is 554 g/mol. The molecule has 2 aromatic carbocycles. The molecule has 0 amide bonds. The van der Waals surface area contributed by atoms with Crippen molar-refractivity contribution in [2.45, 2.75) is 104 Å². The maximum atomic E-state index is 12.2. The van der Waals surface area contributed by atoms with Crippen LogP contribution in [0.4, 0.5) is 0 Å². The van der Waals surface area contributed by atoms with Crippen molar-refractivity contribution in [1.29, 1.82) is 0 Å². The van der Waals surface area contributed by atoms with Gasteiger partial charge in [-0.05, 0) is 36.3 Å². The first-order chi connectivity index (χ1) is 19.3. The summed E-state index contributed by atoms with van der Waals surface area (Å²) >= 11 is 0. The Labute approximate surface area is 239 Å². The number of hydrogen-bond acceptors (Lipinski definition) is 7. The summed E-state index contributed by atoms with van der Waals surface area (Å²) in [5.74, 6) is -0.0251. The number of carbonyl (C=O) groups is 1. The highest BCUT2D eigenvalue weighted by molar-refractivity contribution is 5.66. The van der Waals surface area contributed by atoms with Crippen LogP contribution in [0.25, 0.3) is 0 Å². The molecule has 40 heavy (non-hydrogen) atoms. The van der Waals surface area contributed by atoms with Crippen LogP contribution in [0.2, 0.25) is 0 Å². The first kappa shape index (κ1) is 30.7. The van der Waals surface area contributed by atoms with Crippen LogP contribution in [0.15, 0.2) is 60.7 Å². The lowest BCUT2D eigenvalue weighted by Gasteiger charge is -2.49. The number of hydrogen-bond donors (Lipinski definition) is 0. The minimum Gasteiger partial charge on any atom is -0.457 e. The molecule has 7 heteroatoms. The molecule has 2 aliphatic rings. The van der Waals surface area contributed by atoms with Crippen molar-refractivity contribution in [1.82, 2.24) is 0 Å². The molecule has 0 aromatic heterocycles. The Bertz CT molecular complexity index is 1030. The molecule has 2 heterocycles. The molecule has 0 radical (unpaired) electrons. The zero-order valence-electron chi connectivity index (χ0n) is 24.7. The first-order valence-electron chi connectivity index (χ1n) is 14.7. The molecular formula is C33H46O7. The SMILES string of the molecule is CCC1O[C@@H](C)C(C)[C@@H](C)[C@@H]1O[C@@H]1OC(COCc2ccccc2)[C@H](OCc2ccccc2)[C@H](C)C1OC(C)=O. The number of carbonyl (C=O) groups excluding carboxylic acids is 1. The minimum atomic E-state index is -0.772. The Morgan fingerprint density at radius 2 is 1.38 bits per heavy atom. The third kappa shape index (κ3) is 7.71. The Kier molecular flexibility index (Phi) is 11.2. The van der Waals surface area contributed by atoms with E-state index in [0.717, 1.165) is 17.5 Å². The second-order valence-corrected chi connectivity index (χ2v) is 11.3. The van der Waals surface area contributed by atoms with Crippen molar-refractivity contribution in [3.63, 3.8) is 0 Å².